The van der Waals surface area contributed by atoms with E-state index in [0.717, 1.165) is 42.7 Å². The maximum Gasteiger partial charge on any atom is 0.358 e. The Morgan fingerprint density at radius 3 is 2.50 bits per heavy atom. The van der Waals surface area contributed by atoms with Crippen LogP contribution in [0.15, 0.2) is 29.6 Å². The molecule has 0 unspecified atom stereocenters. The fourth-order valence-electron chi connectivity index (χ4n) is 3.40. The third kappa shape index (κ3) is 5.41. The number of aryl methyl sites for hydroxylation is 1. The number of carbonyl (C=O) groups is 2. The Balaban J connectivity index is 1.56. The first-order valence-electron chi connectivity index (χ1n) is 10.1. The number of esters is 1. The zero-order valence-electron chi connectivity index (χ0n) is 16.6. The highest BCUT2D eigenvalue weighted by atomic mass is 32.1. The first-order valence-corrected chi connectivity index (χ1v) is 11.0. The van der Waals surface area contributed by atoms with Crippen LogP contribution in [0.5, 0.6) is 0 Å². The van der Waals surface area contributed by atoms with Gasteiger partial charge < -0.3 is 10.1 Å². The quantitative estimate of drug-likeness (QED) is 0.561. The maximum absolute atomic E-state index is 12.4. The molecule has 2 aromatic rings. The minimum absolute atomic E-state index is 0.188. The Morgan fingerprint density at radius 1 is 1.18 bits per heavy atom. The number of aromatic nitrogens is 1. The summed E-state index contributed by atoms with van der Waals surface area (Å²) in [6.45, 7) is 3.72. The van der Waals surface area contributed by atoms with Gasteiger partial charge in [0, 0.05) is 17.0 Å². The smallest absolute Gasteiger partial charge is 0.358 e. The number of rotatable bonds is 6. The number of hydrogen-bond donors (Lipinski definition) is 1. The predicted octanol–water partition coefficient (Wildman–Crippen LogP) is 4.76. The summed E-state index contributed by atoms with van der Waals surface area (Å²) in [6, 6.07) is 8.34. The molecule has 5 nitrogen and oxygen atoms in total. The van der Waals surface area contributed by atoms with Crippen LogP contribution in [0.1, 0.15) is 68.4 Å². The number of amides is 1. The first-order chi connectivity index (χ1) is 13.6. The minimum Gasteiger partial charge on any atom is -0.448 e. The van der Waals surface area contributed by atoms with Crippen LogP contribution in [0.3, 0.4) is 0 Å². The molecule has 1 fully saturated rings. The summed E-state index contributed by atoms with van der Waals surface area (Å²) in [5.41, 5.74) is 2.47. The van der Waals surface area contributed by atoms with Crippen molar-refractivity contribution in [2.75, 3.05) is 0 Å². The fraction of sp³-hybridized carbons (Fsp3) is 0.500. The molecule has 1 aliphatic carbocycles. The van der Waals surface area contributed by atoms with E-state index in [1.165, 1.54) is 29.7 Å². The Bertz CT molecular complexity index is 792. The number of nitrogens with one attached hydrogen (secondary N) is 1. The molecule has 1 aromatic carbocycles. The predicted molar refractivity (Wildman–Crippen MR) is 111 cm³/mol. The number of ether oxygens (including phenoxy) is 1. The molecule has 1 aliphatic rings. The van der Waals surface area contributed by atoms with E-state index in [-0.39, 0.29) is 17.6 Å². The summed E-state index contributed by atoms with van der Waals surface area (Å²) < 4.78 is 5.35. The van der Waals surface area contributed by atoms with Crippen molar-refractivity contribution in [2.24, 2.45) is 0 Å². The number of benzene rings is 1. The topological polar surface area (TPSA) is 68.3 Å². The summed E-state index contributed by atoms with van der Waals surface area (Å²) in [4.78, 5) is 29.2. The lowest BCUT2D eigenvalue weighted by molar-refractivity contribution is -0.129. The lowest BCUT2D eigenvalue weighted by atomic mass is 10.1. The molecule has 1 amide bonds. The van der Waals surface area contributed by atoms with E-state index < -0.39 is 12.1 Å². The Kier molecular flexibility index (Phi) is 7.20. The van der Waals surface area contributed by atoms with Crippen LogP contribution in [-0.4, -0.2) is 29.0 Å². The van der Waals surface area contributed by atoms with E-state index in [0.29, 0.717) is 0 Å². The second kappa shape index (κ2) is 9.82. The van der Waals surface area contributed by atoms with Gasteiger partial charge in [-0.2, -0.15) is 0 Å². The Labute approximate surface area is 170 Å². The lowest BCUT2D eigenvalue weighted by Gasteiger charge is -2.19. The van der Waals surface area contributed by atoms with Gasteiger partial charge in [0.2, 0.25) is 0 Å². The molecule has 1 saturated carbocycles. The molecule has 6 heteroatoms. The van der Waals surface area contributed by atoms with Gasteiger partial charge in [-0.1, -0.05) is 56.9 Å². The van der Waals surface area contributed by atoms with Crippen LogP contribution >= 0.6 is 11.3 Å². The monoisotopic (exact) mass is 400 g/mol. The molecule has 0 aliphatic heterocycles. The summed E-state index contributed by atoms with van der Waals surface area (Å²) in [5.74, 6) is -0.790. The normalized spacial score (nSPS) is 16.2. The Hall–Kier alpha value is -2.21. The Morgan fingerprint density at radius 2 is 1.86 bits per heavy atom. The molecule has 1 N–H and O–H groups in total. The van der Waals surface area contributed by atoms with Crippen LogP contribution in [0.4, 0.5) is 0 Å². The van der Waals surface area contributed by atoms with Crippen LogP contribution in [0, 0.1) is 0 Å². The van der Waals surface area contributed by atoms with Gasteiger partial charge in [0.15, 0.2) is 11.8 Å². The van der Waals surface area contributed by atoms with Gasteiger partial charge in [-0.05, 0) is 31.7 Å². The van der Waals surface area contributed by atoms with E-state index in [9.17, 15) is 9.59 Å². The van der Waals surface area contributed by atoms with Gasteiger partial charge in [0.05, 0.1) is 0 Å². The molecule has 28 heavy (non-hydrogen) atoms. The molecule has 1 aromatic heterocycles. The van der Waals surface area contributed by atoms with Crippen molar-refractivity contribution in [3.8, 4) is 10.6 Å². The van der Waals surface area contributed by atoms with Gasteiger partial charge in [-0.25, -0.2) is 9.78 Å². The van der Waals surface area contributed by atoms with Crippen molar-refractivity contribution in [1.29, 1.82) is 0 Å². The molecule has 150 valence electrons. The maximum atomic E-state index is 12.4. The van der Waals surface area contributed by atoms with E-state index in [1.807, 2.05) is 12.1 Å². The highest BCUT2D eigenvalue weighted by Gasteiger charge is 2.23. The third-order valence-corrected chi connectivity index (χ3v) is 6.07. The molecule has 1 heterocycles. The number of hydrogen-bond acceptors (Lipinski definition) is 5. The molecule has 0 saturated heterocycles. The summed E-state index contributed by atoms with van der Waals surface area (Å²) >= 11 is 1.40. The van der Waals surface area contributed by atoms with E-state index >= 15 is 0 Å². The van der Waals surface area contributed by atoms with Gasteiger partial charge in [0.25, 0.3) is 5.91 Å². The highest BCUT2D eigenvalue weighted by molar-refractivity contribution is 7.13. The summed E-state index contributed by atoms with van der Waals surface area (Å²) in [7, 11) is 0. The van der Waals surface area contributed by atoms with Gasteiger partial charge >= 0.3 is 5.97 Å². The van der Waals surface area contributed by atoms with Gasteiger partial charge in [0.1, 0.15) is 5.01 Å². The molecular weight excluding hydrogens is 372 g/mol. The van der Waals surface area contributed by atoms with Crippen LogP contribution in [-0.2, 0) is 16.0 Å². The van der Waals surface area contributed by atoms with E-state index in [4.69, 9.17) is 4.74 Å². The number of thiazole rings is 1. The standard InChI is InChI=1S/C22H28N2O3S/c1-3-16-10-12-17(13-11-16)21-24-19(14-28-21)22(26)27-15(2)20(25)23-18-8-6-4-5-7-9-18/h10-15,18H,3-9H2,1-2H3,(H,23,25)/t15-/m0/s1. The zero-order valence-corrected chi connectivity index (χ0v) is 17.4. The van der Waals surface area contributed by atoms with Crippen molar-refractivity contribution in [3.63, 3.8) is 0 Å². The first kappa shape index (κ1) is 20.5. The molecule has 3 rings (SSSR count). The largest absolute Gasteiger partial charge is 0.448 e. The molecule has 0 spiro atoms. The molecule has 1 atom stereocenters. The van der Waals surface area contributed by atoms with Crippen molar-refractivity contribution in [1.82, 2.24) is 10.3 Å². The van der Waals surface area contributed by atoms with Gasteiger partial charge in [-0.3, -0.25) is 4.79 Å². The van der Waals surface area contributed by atoms with E-state index in [1.54, 1.807) is 12.3 Å². The average molecular weight is 401 g/mol. The summed E-state index contributed by atoms with van der Waals surface area (Å²) in [6.07, 6.45) is 6.88. The van der Waals surface area contributed by atoms with Crippen molar-refractivity contribution < 1.29 is 14.3 Å². The van der Waals surface area contributed by atoms with E-state index in [2.05, 4.69) is 29.4 Å². The second-order valence-corrected chi connectivity index (χ2v) is 8.19. The second-order valence-electron chi connectivity index (χ2n) is 7.33. The zero-order chi connectivity index (χ0) is 19.9. The van der Waals surface area contributed by atoms with Crippen molar-refractivity contribution in [3.05, 3.63) is 40.9 Å². The summed E-state index contributed by atoms with van der Waals surface area (Å²) in [5, 5.41) is 5.47. The lowest BCUT2D eigenvalue weighted by Crippen LogP contribution is -2.41. The minimum atomic E-state index is -0.829. The molecular formula is C22H28N2O3S. The molecule has 0 radical (unpaired) electrons. The van der Waals surface area contributed by atoms with Crippen molar-refractivity contribution in [2.45, 2.75) is 70.9 Å². The number of carbonyl (C=O) groups excluding carboxylic acids is 2. The van der Waals surface area contributed by atoms with Crippen LogP contribution < -0.4 is 5.32 Å². The van der Waals surface area contributed by atoms with Crippen LogP contribution in [0.25, 0.3) is 10.6 Å². The van der Waals surface area contributed by atoms with Gasteiger partial charge in [-0.15, -0.1) is 11.3 Å². The average Bonchev–Trinajstić information content (AvgIpc) is 3.07. The van der Waals surface area contributed by atoms with Crippen LogP contribution in [0.2, 0.25) is 0 Å². The third-order valence-electron chi connectivity index (χ3n) is 5.18. The highest BCUT2D eigenvalue weighted by Crippen LogP contribution is 2.25. The fourth-order valence-corrected chi connectivity index (χ4v) is 4.20. The molecule has 0 bridgehead atoms. The SMILES string of the molecule is CCc1ccc(-c2nc(C(=O)O[C@@H](C)C(=O)NC3CCCCCC3)cs2)cc1. The number of nitrogens with zero attached hydrogens (tertiary/aromatic N) is 1. The van der Waals surface area contributed by atoms with Crippen molar-refractivity contribution >= 4 is 23.2 Å².